The Morgan fingerprint density at radius 3 is 2.55 bits per heavy atom. The number of amides is 1. The topological polar surface area (TPSA) is 135 Å². The summed E-state index contributed by atoms with van der Waals surface area (Å²) >= 11 is 0. The number of carboxylic acid groups (broad SMARTS) is 1. The predicted molar refractivity (Wildman–Crippen MR) is 115 cm³/mol. The van der Waals surface area contributed by atoms with Crippen LogP contribution < -0.4 is 16.4 Å². The molecule has 2 atom stereocenters. The molecular weight excluding hydrogens is 403 g/mol. The summed E-state index contributed by atoms with van der Waals surface area (Å²) in [6.07, 6.45) is 3.05. The van der Waals surface area contributed by atoms with Gasteiger partial charge in [-0.25, -0.2) is 4.79 Å². The molecule has 0 aliphatic carbocycles. The number of piperidine rings is 2. The van der Waals surface area contributed by atoms with Crippen LogP contribution >= 0.6 is 0 Å². The van der Waals surface area contributed by atoms with Crippen LogP contribution in [0, 0.1) is 5.41 Å². The minimum absolute atomic E-state index is 0.0299. The number of halogens is 1. The van der Waals surface area contributed by atoms with Crippen molar-refractivity contribution in [3.63, 3.8) is 0 Å². The number of nitrogens with one attached hydrogen (secondary N) is 3. The number of hydrogen-bond donors (Lipinski definition) is 5. The van der Waals surface area contributed by atoms with E-state index in [2.05, 4.69) is 10.6 Å². The smallest absolute Gasteiger partial charge is 0.335 e. The molecule has 2 aliphatic rings. The van der Waals surface area contributed by atoms with Crippen LogP contribution in [0.15, 0.2) is 35.9 Å². The average Bonchev–Trinajstić information content (AvgIpc) is 2.79. The van der Waals surface area contributed by atoms with Crippen molar-refractivity contribution in [3.05, 3.63) is 41.5 Å². The van der Waals surface area contributed by atoms with E-state index in [-0.39, 0.29) is 29.2 Å². The number of nitrogens with zero attached hydrogens (tertiary/aromatic N) is 2. The fourth-order valence-electron chi connectivity index (χ4n) is 4.09. The Balaban J connectivity index is 1.66. The van der Waals surface area contributed by atoms with Crippen molar-refractivity contribution in [2.75, 3.05) is 32.0 Å². The first-order valence-electron chi connectivity index (χ1n) is 10.4. The molecule has 2 aliphatic heterocycles. The Kier molecular flexibility index (Phi) is 6.98. The molecule has 0 saturated carbocycles. The van der Waals surface area contributed by atoms with Gasteiger partial charge in [-0.15, -0.1) is 0 Å². The molecule has 10 heteroatoms. The van der Waals surface area contributed by atoms with E-state index < -0.39 is 17.8 Å². The summed E-state index contributed by atoms with van der Waals surface area (Å²) in [5.41, 5.74) is 6.44. The van der Waals surface area contributed by atoms with E-state index in [1.54, 1.807) is 17.0 Å². The predicted octanol–water partition coefficient (Wildman–Crippen LogP) is 1.55. The van der Waals surface area contributed by atoms with E-state index in [1.807, 2.05) is 4.90 Å². The molecule has 0 aromatic heterocycles. The number of amidine groups is 1. The Bertz CT molecular complexity index is 872. The Labute approximate surface area is 180 Å². The number of carbonyl (C=O) groups excluding carboxylic acids is 1. The van der Waals surface area contributed by atoms with Crippen LogP contribution in [0.4, 0.5) is 10.1 Å². The number of rotatable bonds is 6. The van der Waals surface area contributed by atoms with Gasteiger partial charge in [0.1, 0.15) is 11.9 Å². The molecule has 9 nitrogen and oxygen atoms in total. The third-order valence-corrected chi connectivity index (χ3v) is 5.81. The molecular formula is C21H29FN6O3. The van der Waals surface area contributed by atoms with Gasteiger partial charge < -0.3 is 31.3 Å². The Morgan fingerprint density at radius 1 is 1.23 bits per heavy atom. The first-order valence-corrected chi connectivity index (χ1v) is 10.4. The summed E-state index contributed by atoms with van der Waals surface area (Å²) in [5.74, 6) is -2.27. The van der Waals surface area contributed by atoms with Crippen molar-refractivity contribution < 1.29 is 19.1 Å². The molecule has 0 radical (unpaired) electrons. The monoisotopic (exact) mass is 432 g/mol. The third kappa shape index (κ3) is 5.07. The molecule has 1 aromatic carbocycles. The van der Waals surface area contributed by atoms with Gasteiger partial charge in [0.15, 0.2) is 5.84 Å². The second-order valence-electron chi connectivity index (χ2n) is 7.82. The standard InChI is InChI=1S/C21H29FN6O3/c1-25-18(23)17(22)19(24)27-10-2-4-15(12-27)28-11-3-5-16(20(28)29)26-14-8-6-13(7-9-14)21(30)31/h6-9,15-16,24-26H,2-5,10-12,23H2,1H3,(H,30,31)/b18-17+,24-19?/t15-,16?/m1/s1. The number of hydrogen-bond acceptors (Lipinski definition) is 6. The minimum Gasteiger partial charge on any atom is -0.478 e. The van der Waals surface area contributed by atoms with Gasteiger partial charge in [0.25, 0.3) is 0 Å². The largest absolute Gasteiger partial charge is 0.478 e. The summed E-state index contributed by atoms with van der Waals surface area (Å²) in [6.45, 7) is 1.55. The minimum atomic E-state index is -0.998. The van der Waals surface area contributed by atoms with Crippen LogP contribution in [0.2, 0.25) is 0 Å². The van der Waals surface area contributed by atoms with Crippen LogP contribution in [-0.4, -0.2) is 71.4 Å². The van der Waals surface area contributed by atoms with Crippen LogP contribution in [-0.2, 0) is 4.79 Å². The number of carboxylic acids is 1. The normalized spacial score (nSPS) is 22.6. The fourth-order valence-corrected chi connectivity index (χ4v) is 4.09. The highest BCUT2D eigenvalue weighted by Crippen LogP contribution is 2.24. The van der Waals surface area contributed by atoms with Crippen molar-refractivity contribution in [3.8, 4) is 0 Å². The highest BCUT2D eigenvalue weighted by molar-refractivity contribution is 5.94. The molecule has 0 spiro atoms. The molecule has 168 valence electrons. The van der Waals surface area contributed by atoms with Gasteiger partial charge in [0.2, 0.25) is 11.7 Å². The van der Waals surface area contributed by atoms with E-state index in [9.17, 15) is 14.0 Å². The van der Waals surface area contributed by atoms with Gasteiger partial charge in [0, 0.05) is 38.4 Å². The van der Waals surface area contributed by atoms with Crippen LogP contribution in [0.5, 0.6) is 0 Å². The van der Waals surface area contributed by atoms with Crippen LogP contribution in [0.25, 0.3) is 0 Å². The Hall–Kier alpha value is -3.30. The number of likely N-dealkylation sites (tertiary alicyclic amines) is 2. The number of benzene rings is 1. The van der Waals surface area contributed by atoms with E-state index in [0.717, 1.165) is 19.3 Å². The van der Waals surface area contributed by atoms with Crippen LogP contribution in [0.3, 0.4) is 0 Å². The fraction of sp³-hybridized carbons (Fsp3) is 0.476. The summed E-state index contributed by atoms with van der Waals surface area (Å²) in [6, 6.07) is 5.79. The number of nitrogens with two attached hydrogens (primary N) is 1. The van der Waals surface area contributed by atoms with Gasteiger partial charge in [-0.1, -0.05) is 0 Å². The van der Waals surface area contributed by atoms with E-state index in [0.29, 0.717) is 31.7 Å². The number of anilines is 1. The van der Waals surface area contributed by atoms with E-state index in [4.69, 9.17) is 16.2 Å². The summed E-state index contributed by atoms with van der Waals surface area (Å²) < 4.78 is 14.3. The lowest BCUT2D eigenvalue weighted by atomic mass is 9.97. The molecule has 3 rings (SSSR count). The van der Waals surface area contributed by atoms with Gasteiger partial charge in [-0.05, 0) is 49.9 Å². The highest BCUT2D eigenvalue weighted by Gasteiger charge is 2.36. The second kappa shape index (κ2) is 9.67. The maximum atomic E-state index is 14.3. The van der Waals surface area contributed by atoms with Crippen LogP contribution in [0.1, 0.15) is 36.0 Å². The molecule has 1 amide bonds. The highest BCUT2D eigenvalue weighted by atomic mass is 19.1. The van der Waals surface area contributed by atoms with Crippen molar-refractivity contribution in [2.45, 2.75) is 37.8 Å². The second-order valence-corrected chi connectivity index (χ2v) is 7.82. The maximum Gasteiger partial charge on any atom is 0.335 e. The van der Waals surface area contributed by atoms with Crippen molar-refractivity contribution >= 4 is 23.4 Å². The zero-order valence-corrected chi connectivity index (χ0v) is 17.5. The van der Waals surface area contributed by atoms with E-state index in [1.165, 1.54) is 19.2 Å². The first kappa shape index (κ1) is 22.4. The van der Waals surface area contributed by atoms with Gasteiger partial charge in [0.05, 0.1) is 5.56 Å². The van der Waals surface area contributed by atoms with Gasteiger partial charge in [-0.3, -0.25) is 10.2 Å². The molecule has 2 saturated heterocycles. The third-order valence-electron chi connectivity index (χ3n) is 5.81. The maximum absolute atomic E-state index is 14.3. The lowest BCUT2D eigenvalue weighted by molar-refractivity contribution is -0.137. The summed E-state index contributed by atoms with van der Waals surface area (Å²) in [5, 5.41) is 22.9. The molecule has 1 unspecified atom stereocenters. The van der Waals surface area contributed by atoms with E-state index >= 15 is 0 Å². The Morgan fingerprint density at radius 2 is 1.90 bits per heavy atom. The SMILES string of the molecule is CN/C(N)=C(/F)C(=N)N1CCC[C@@H](N2CCCC(Nc3ccc(C(=O)O)cc3)C2=O)C1. The van der Waals surface area contributed by atoms with Gasteiger partial charge >= 0.3 is 5.97 Å². The molecule has 2 heterocycles. The molecule has 0 bridgehead atoms. The lowest BCUT2D eigenvalue weighted by Gasteiger charge is -2.43. The van der Waals surface area contributed by atoms with Crippen molar-refractivity contribution in [2.24, 2.45) is 5.73 Å². The summed E-state index contributed by atoms with van der Waals surface area (Å²) in [7, 11) is 1.50. The molecule has 2 fully saturated rings. The zero-order chi connectivity index (χ0) is 22.5. The molecule has 1 aromatic rings. The zero-order valence-electron chi connectivity index (χ0n) is 17.5. The lowest BCUT2D eigenvalue weighted by Crippen LogP contribution is -2.57. The van der Waals surface area contributed by atoms with Crippen molar-refractivity contribution in [1.29, 1.82) is 5.41 Å². The first-order chi connectivity index (χ1) is 14.8. The number of carbonyl (C=O) groups is 2. The number of aromatic carboxylic acids is 1. The molecule has 31 heavy (non-hydrogen) atoms. The van der Waals surface area contributed by atoms with Crippen molar-refractivity contribution in [1.82, 2.24) is 15.1 Å². The average molecular weight is 433 g/mol. The summed E-state index contributed by atoms with van der Waals surface area (Å²) in [4.78, 5) is 27.6. The molecule has 6 N–H and O–H groups in total. The quantitative estimate of drug-likeness (QED) is 0.340. The van der Waals surface area contributed by atoms with Gasteiger partial charge in [-0.2, -0.15) is 4.39 Å².